The van der Waals surface area contributed by atoms with Crippen LogP contribution in [-0.4, -0.2) is 4.98 Å². The van der Waals surface area contributed by atoms with Crippen LogP contribution in [0.4, 0.5) is 0 Å². The first-order valence-electron chi connectivity index (χ1n) is 4.00. The lowest BCUT2D eigenvalue weighted by Gasteiger charge is -2.00. The molecule has 0 unspecified atom stereocenters. The van der Waals surface area contributed by atoms with Crippen molar-refractivity contribution in [2.75, 3.05) is 0 Å². The van der Waals surface area contributed by atoms with Crippen molar-refractivity contribution in [3.8, 4) is 0 Å². The Morgan fingerprint density at radius 2 is 2.17 bits per heavy atom. The van der Waals surface area contributed by atoms with Crippen LogP contribution < -0.4 is 0 Å². The van der Waals surface area contributed by atoms with Crippen molar-refractivity contribution in [2.24, 2.45) is 0 Å². The maximum absolute atomic E-state index is 4.34. The molecular formula is C11H13N. The van der Waals surface area contributed by atoms with E-state index in [0.29, 0.717) is 0 Å². The summed E-state index contributed by atoms with van der Waals surface area (Å²) in [6.07, 6.45) is 5.81. The first-order chi connectivity index (χ1) is 5.77. The molecule has 1 nitrogen and oxygen atoms in total. The minimum absolute atomic E-state index is 0.952. The molecule has 0 aliphatic heterocycles. The van der Waals surface area contributed by atoms with Gasteiger partial charge in [0.25, 0.3) is 0 Å². The van der Waals surface area contributed by atoms with Gasteiger partial charge in [0.05, 0.1) is 5.69 Å². The van der Waals surface area contributed by atoms with Gasteiger partial charge in [0.1, 0.15) is 0 Å². The van der Waals surface area contributed by atoms with E-state index in [-0.39, 0.29) is 0 Å². The molecule has 1 heterocycles. The Labute approximate surface area is 73.5 Å². The van der Waals surface area contributed by atoms with E-state index in [1.54, 1.807) is 6.08 Å². The fraction of sp³-hybridized carbons (Fsp3) is 0.182. The van der Waals surface area contributed by atoms with Gasteiger partial charge in [-0.2, -0.15) is 0 Å². The third-order valence-electron chi connectivity index (χ3n) is 1.64. The topological polar surface area (TPSA) is 12.9 Å². The summed E-state index contributed by atoms with van der Waals surface area (Å²) in [5.41, 5.74) is 3.10. The van der Waals surface area contributed by atoms with Gasteiger partial charge in [-0.15, -0.1) is 0 Å². The number of rotatable bonds is 2. The summed E-state index contributed by atoms with van der Waals surface area (Å²) >= 11 is 0. The zero-order valence-electron chi connectivity index (χ0n) is 7.54. The van der Waals surface area contributed by atoms with Crippen LogP contribution in [-0.2, 0) is 0 Å². The lowest BCUT2D eigenvalue weighted by atomic mass is 10.1. The molecule has 0 saturated carbocycles. The van der Waals surface area contributed by atoms with Crippen molar-refractivity contribution in [3.05, 3.63) is 41.7 Å². The molecule has 1 aromatic rings. The van der Waals surface area contributed by atoms with Crippen molar-refractivity contribution >= 4 is 12.2 Å². The average molecular weight is 159 g/mol. The Bertz CT molecular complexity index is 311. The normalized spacial score (nSPS) is 10.5. The molecule has 0 atom stereocenters. The zero-order valence-corrected chi connectivity index (χ0v) is 7.54. The van der Waals surface area contributed by atoms with Gasteiger partial charge >= 0.3 is 0 Å². The maximum Gasteiger partial charge on any atom is 0.0699 e. The molecule has 0 bridgehead atoms. The summed E-state index contributed by atoms with van der Waals surface area (Å²) in [4.78, 5) is 4.34. The quantitative estimate of drug-likeness (QED) is 0.646. The standard InChI is InChI=1S/C11H13N/c1-4-6-10-8-7-9(3)12-11(10)5-2/h4-8H,2H2,1,3H3/b6-4-. The van der Waals surface area contributed by atoms with Crippen molar-refractivity contribution in [1.82, 2.24) is 4.98 Å². The Balaban J connectivity index is 3.19. The van der Waals surface area contributed by atoms with E-state index in [2.05, 4.69) is 17.6 Å². The van der Waals surface area contributed by atoms with Crippen LogP contribution in [0, 0.1) is 6.92 Å². The van der Waals surface area contributed by atoms with E-state index >= 15 is 0 Å². The highest BCUT2D eigenvalue weighted by atomic mass is 14.7. The molecule has 0 amide bonds. The van der Waals surface area contributed by atoms with E-state index in [1.165, 1.54) is 0 Å². The molecular weight excluding hydrogens is 146 g/mol. The molecule has 0 saturated heterocycles. The Morgan fingerprint density at radius 3 is 2.75 bits per heavy atom. The monoisotopic (exact) mass is 159 g/mol. The highest BCUT2D eigenvalue weighted by molar-refractivity contribution is 5.61. The number of aryl methyl sites for hydroxylation is 1. The van der Waals surface area contributed by atoms with Gasteiger partial charge in [0, 0.05) is 5.69 Å². The summed E-state index contributed by atoms with van der Waals surface area (Å²) in [6, 6.07) is 4.06. The van der Waals surface area contributed by atoms with Crippen LogP contribution in [0.25, 0.3) is 12.2 Å². The van der Waals surface area contributed by atoms with Gasteiger partial charge in [-0.25, -0.2) is 0 Å². The lowest BCUT2D eigenvalue weighted by molar-refractivity contribution is 1.17. The molecule has 1 heteroatoms. The minimum Gasteiger partial charge on any atom is -0.253 e. The predicted octanol–water partition coefficient (Wildman–Crippen LogP) is 3.07. The summed E-state index contributed by atoms with van der Waals surface area (Å²) < 4.78 is 0. The van der Waals surface area contributed by atoms with E-state index in [9.17, 15) is 0 Å². The molecule has 1 aromatic heterocycles. The number of hydrogen-bond acceptors (Lipinski definition) is 1. The van der Waals surface area contributed by atoms with Gasteiger partial charge in [-0.1, -0.05) is 24.8 Å². The van der Waals surface area contributed by atoms with Crippen molar-refractivity contribution in [3.63, 3.8) is 0 Å². The Morgan fingerprint density at radius 1 is 1.42 bits per heavy atom. The van der Waals surface area contributed by atoms with E-state index in [0.717, 1.165) is 17.0 Å². The number of aromatic nitrogens is 1. The summed E-state index contributed by atoms with van der Waals surface area (Å²) in [5, 5.41) is 0. The molecule has 0 aliphatic rings. The molecule has 0 fully saturated rings. The molecule has 0 N–H and O–H groups in total. The SMILES string of the molecule is C=Cc1nc(C)ccc1/C=C\C. The molecule has 0 aliphatic carbocycles. The molecule has 1 rings (SSSR count). The van der Waals surface area contributed by atoms with Gasteiger partial charge < -0.3 is 0 Å². The van der Waals surface area contributed by atoms with Gasteiger partial charge in [-0.05, 0) is 31.6 Å². The van der Waals surface area contributed by atoms with Crippen molar-refractivity contribution < 1.29 is 0 Å². The number of nitrogens with zero attached hydrogens (tertiary/aromatic N) is 1. The molecule has 62 valence electrons. The Hall–Kier alpha value is -1.37. The first-order valence-corrected chi connectivity index (χ1v) is 4.00. The minimum atomic E-state index is 0.952. The van der Waals surface area contributed by atoms with E-state index in [4.69, 9.17) is 0 Å². The first kappa shape index (κ1) is 8.72. The molecule has 12 heavy (non-hydrogen) atoms. The second-order valence-electron chi connectivity index (χ2n) is 2.63. The maximum atomic E-state index is 4.34. The molecule has 0 aromatic carbocycles. The number of hydrogen-bond donors (Lipinski definition) is 0. The number of allylic oxidation sites excluding steroid dienone is 1. The van der Waals surface area contributed by atoms with Crippen LogP contribution in [0.15, 0.2) is 24.8 Å². The van der Waals surface area contributed by atoms with Crippen LogP contribution in [0.2, 0.25) is 0 Å². The Kier molecular flexibility index (Phi) is 2.81. The summed E-state index contributed by atoms with van der Waals surface area (Å²) in [6.45, 7) is 7.69. The third-order valence-corrected chi connectivity index (χ3v) is 1.64. The van der Waals surface area contributed by atoms with Crippen molar-refractivity contribution in [2.45, 2.75) is 13.8 Å². The van der Waals surface area contributed by atoms with E-state index in [1.807, 2.05) is 32.1 Å². The number of pyridine rings is 1. The summed E-state index contributed by atoms with van der Waals surface area (Å²) in [5.74, 6) is 0. The van der Waals surface area contributed by atoms with Gasteiger partial charge in [-0.3, -0.25) is 4.98 Å². The van der Waals surface area contributed by atoms with Gasteiger partial charge in [0.15, 0.2) is 0 Å². The highest BCUT2D eigenvalue weighted by Crippen LogP contribution is 2.10. The summed E-state index contributed by atoms with van der Waals surface area (Å²) in [7, 11) is 0. The van der Waals surface area contributed by atoms with Crippen LogP contribution in [0.1, 0.15) is 23.9 Å². The van der Waals surface area contributed by atoms with Gasteiger partial charge in [0.2, 0.25) is 0 Å². The van der Waals surface area contributed by atoms with E-state index < -0.39 is 0 Å². The second kappa shape index (κ2) is 3.86. The zero-order chi connectivity index (χ0) is 8.97. The molecule has 0 spiro atoms. The predicted molar refractivity (Wildman–Crippen MR) is 53.8 cm³/mol. The highest BCUT2D eigenvalue weighted by Gasteiger charge is 1.95. The van der Waals surface area contributed by atoms with Crippen molar-refractivity contribution in [1.29, 1.82) is 0 Å². The average Bonchev–Trinajstić information content (AvgIpc) is 2.08. The molecule has 0 radical (unpaired) electrons. The second-order valence-corrected chi connectivity index (χ2v) is 2.63. The van der Waals surface area contributed by atoms with Crippen LogP contribution in [0.3, 0.4) is 0 Å². The largest absolute Gasteiger partial charge is 0.253 e. The van der Waals surface area contributed by atoms with Crippen LogP contribution >= 0.6 is 0 Å². The smallest absolute Gasteiger partial charge is 0.0699 e. The fourth-order valence-corrected chi connectivity index (χ4v) is 1.07. The lowest BCUT2D eigenvalue weighted by Crippen LogP contribution is -1.88. The third kappa shape index (κ3) is 1.82. The fourth-order valence-electron chi connectivity index (χ4n) is 1.07. The van der Waals surface area contributed by atoms with Crippen LogP contribution in [0.5, 0.6) is 0 Å².